The second-order valence-electron chi connectivity index (χ2n) is 4.16. The van der Waals surface area contributed by atoms with Crippen LogP contribution in [0, 0.1) is 11.6 Å². The zero-order valence-electron chi connectivity index (χ0n) is 10.8. The molecule has 106 valence electrons. The average Bonchev–Trinajstić information content (AvgIpc) is 2.46. The summed E-state index contributed by atoms with van der Waals surface area (Å²) in [6.45, 7) is 0.0888. The van der Waals surface area contributed by atoms with Crippen LogP contribution in [0.4, 0.5) is 8.78 Å². The lowest BCUT2D eigenvalue weighted by molar-refractivity contribution is 0.289. The molecule has 0 aliphatic carbocycles. The molecular formula is C15H13BrF2O2. The Kier molecular flexibility index (Phi) is 4.95. The highest BCUT2D eigenvalue weighted by Gasteiger charge is 2.07. The van der Waals surface area contributed by atoms with Crippen molar-refractivity contribution in [3.63, 3.8) is 0 Å². The molecule has 20 heavy (non-hydrogen) atoms. The van der Waals surface area contributed by atoms with Crippen LogP contribution in [0.1, 0.15) is 11.1 Å². The van der Waals surface area contributed by atoms with E-state index in [0.717, 1.165) is 5.56 Å². The fraction of sp³-hybridized carbons (Fsp3) is 0.200. The number of halogens is 3. The summed E-state index contributed by atoms with van der Waals surface area (Å²) in [5.41, 5.74) is 1.43. The van der Waals surface area contributed by atoms with E-state index in [1.807, 2.05) is 0 Å². The summed E-state index contributed by atoms with van der Waals surface area (Å²) in [5.74, 6) is -0.591. The molecule has 0 aliphatic rings. The molecule has 0 aromatic heterocycles. The SMILES string of the molecule is COc1ccc(COc2ccc(CBr)cc2F)cc1F. The number of hydrogen-bond acceptors (Lipinski definition) is 2. The molecule has 0 saturated carbocycles. The Balaban J connectivity index is 2.07. The van der Waals surface area contributed by atoms with Crippen molar-refractivity contribution in [2.45, 2.75) is 11.9 Å². The van der Waals surface area contributed by atoms with Crippen LogP contribution < -0.4 is 9.47 Å². The molecule has 0 heterocycles. The van der Waals surface area contributed by atoms with Gasteiger partial charge in [-0.25, -0.2) is 8.78 Å². The molecule has 0 bridgehead atoms. The third-order valence-electron chi connectivity index (χ3n) is 2.76. The zero-order valence-corrected chi connectivity index (χ0v) is 12.4. The third kappa shape index (κ3) is 3.48. The molecule has 5 heteroatoms. The molecule has 0 saturated heterocycles. The van der Waals surface area contributed by atoms with Crippen molar-refractivity contribution in [2.24, 2.45) is 0 Å². The lowest BCUT2D eigenvalue weighted by atomic mass is 10.2. The van der Waals surface area contributed by atoms with Crippen molar-refractivity contribution in [1.82, 2.24) is 0 Å². The van der Waals surface area contributed by atoms with Gasteiger partial charge in [0.1, 0.15) is 6.61 Å². The molecule has 0 aliphatic heterocycles. The van der Waals surface area contributed by atoms with Gasteiger partial charge in [0.05, 0.1) is 7.11 Å². The fourth-order valence-electron chi connectivity index (χ4n) is 1.71. The summed E-state index contributed by atoms with van der Waals surface area (Å²) < 4.78 is 37.4. The lowest BCUT2D eigenvalue weighted by Gasteiger charge is -2.09. The van der Waals surface area contributed by atoms with Gasteiger partial charge in [0.15, 0.2) is 23.1 Å². The molecule has 2 nitrogen and oxygen atoms in total. The Hall–Kier alpha value is -1.62. The van der Waals surface area contributed by atoms with Crippen LogP contribution >= 0.6 is 15.9 Å². The standard InChI is InChI=1S/C15H13BrF2O2/c1-19-14-4-3-11(7-12(14)17)9-20-15-5-2-10(8-16)6-13(15)18/h2-7H,8-9H2,1H3. The molecule has 0 unspecified atom stereocenters. The number of ether oxygens (including phenoxy) is 2. The van der Waals surface area contributed by atoms with Gasteiger partial charge < -0.3 is 9.47 Å². The van der Waals surface area contributed by atoms with Crippen molar-refractivity contribution in [2.75, 3.05) is 7.11 Å². The Morgan fingerprint density at radius 1 is 0.950 bits per heavy atom. The molecule has 0 N–H and O–H groups in total. The molecular weight excluding hydrogens is 330 g/mol. The van der Waals surface area contributed by atoms with Crippen LogP contribution in [0.5, 0.6) is 11.5 Å². The Labute approximate surface area is 124 Å². The van der Waals surface area contributed by atoms with Crippen LogP contribution in [0.3, 0.4) is 0 Å². The molecule has 0 spiro atoms. The smallest absolute Gasteiger partial charge is 0.165 e. The van der Waals surface area contributed by atoms with Gasteiger partial charge in [-0.15, -0.1) is 0 Å². The maximum absolute atomic E-state index is 13.7. The molecule has 0 amide bonds. The van der Waals surface area contributed by atoms with Crippen LogP contribution in [0.25, 0.3) is 0 Å². The van der Waals surface area contributed by atoms with Gasteiger partial charge in [0, 0.05) is 5.33 Å². The third-order valence-corrected chi connectivity index (χ3v) is 3.41. The topological polar surface area (TPSA) is 18.5 Å². The van der Waals surface area contributed by atoms with Gasteiger partial charge in [0.2, 0.25) is 0 Å². The van der Waals surface area contributed by atoms with Crippen LogP contribution in [0.15, 0.2) is 36.4 Å². The van der Waals surface area contributed by atoms with E-state index in [1.165, 1.54) is 25.3 Å². The van der Waals surface area contributed by atoms with Crippen molar-refractivity contribution < 1.29 is 18.3 Å². The Bertz CT molecular complexity index is 602. The molecule has 0 radical (unpaired) electrons. The van der Waals surface area contributed by atoms with E-state index < -0.39 is 11.6 Å². The summed E-state index contributed by atoms with van der Waals surface area (Å²) in [7, 11) is 1.40. The first kappa shape index (κ1) is 14.8. The molecule has 0 atom stereocenters. The fourth-order valence-corrected chi connectivity index (χ4v) is 2.05. The average molecular weight is 343 g/mol. The van der Waals surface area contributed by atoms with Crippen molar-refractivity contribution in [1.29, 1.82) is 0 Å². The number of hydrogen-bond donors (Lipinski definition) is 0. The summed E-state index contributed by atoms with van der Waals surface area (Å²) in [4.78, 5) is 0. The lowest BCUT2D eigenvalue weighted by Crippen LogP contribution is -1.99. The minimum atomic E-state index is -0.469. The first-order chi connectivity index (χ1) is 9.63. The number of benzene rings is 2. The second-order valence-corrected chi connectivity index (χ2v) is 4.72. The van der Waals surface area contributed by atoms with Crippen molar-refractivity contribution in [3.05, 3.63) is 59.2 Å². The summed E-state index contributed by atoms with van der Waals surface area (Å²) in [6, 6.07) is 9.22. The van der Waals surface area contributed by atoms with E-state index in [2.05, 4.69) is 15.9 Å². The first-order valence-corrected chi connectivity index (χ1v) is 7.06. The maximum atomic E-state index is 13.7. The van der Waals surface area contributed by atoms with E-state index in [0.29, 0.717) is 10.9 Å². The van der Waals surface area contributed by atoms with Gasteiger partial charge in [0.25, 0.3) is 0 Å². The van der Waals surface area contributed by atoms with E-state index in [1.54, 1.807) is 18.2 Å². The van der Waals surface area contributed by atoms with E-state index in [9.17, 15) is 8.78 Å². The highest BCUT2D eigenvalue weighted by Crippen LogP contribution is 2.22. The van der Waals surface area contributed by atoms with E-state index in [-0.39, 0.29) is 18.1 Å². The summed E-state index contributed by atoms with van der Waals surface area (Å²) in [6.07, 6.45) is 0. The van der Waals surface area contributed by atoms with E-state index in [4.69, 9.17) is 9.47 Å². The van der Waals surface area contributed by atoms with Crippen LogP contribution in [0.2, 0.25) is 0 Å². The van der Waals surface area contributed by atoms with Gasteiger partial charge in [-0.2, -0.15) is 0 Å². The predicted octanol–water partition coefficient (Wildman–Crippen LogP) is 4.45. The highest BCUT2D eigenvalue weighted by atomic mass is 79.9. The number of methoxy groups -OCH3 is 1. The highest BCUT2D eigenvalue weighted by molar-refractivity contribution is 9.08. The minimum Gasteiger partial charge on any atom is -0.494 e. The molecule has 2 aromatic carbocycles. The van der Waals surface area contributed by atoms with Gasteiger partial charge in [-0.1, -0.05) is 28.1 Å². The molecule has 2 rings (SSSR count). The normalized spacial score (nSPS) is 10.4. The van der Waals surface area contributed by atoms with Gasteiger partial charge in [-0.05, 0) is 35.4 Å². The maximum Gasteiger partial charge on any atom is 0.165 e. The summed E-state index contributed by atoms with van der Waals surface area (Å²) >= 11 is 3.25. The first-order valence-electron chi connectivity index (χ1n) is 5.93. The zero-order chi connectivity index (χ0) is 14.5. The number of alkyl halides is 1. The van der Waals surface area contributed by atoms with Gasteiger partial charge >= 0.3 is 0 Å². The molecule has 0 fully saturated rings. The number of rotatable bonds is 5. The van der Waals surface area contributed by atoms with Crippen molar-refractivity contribution in [3.8, 4) is 11.5 Å². The van der Waals surface area contributed by atoms with Crippen LogP contribution in [-0.2, 0) is 11.9 Å². The van der Waals surface area contributed by atoms with Crippen LogP contribution in [-0.4, -0.2) is 7.11 Å². The quantitative estimate of drug-likeness (QED) is 0.747. The molecule has 2 aromatic rings. The Morgan fingerprint density at radius 3 is 2.15 bits per heavy atom. The predicted molar refractivity (Wildman–Crippen MR) is 76.3 cm³/mol. The minimum absolute atomic E-state index is 0.0888. The Morgan fingerprint density at radius 2 is 1.55 bits per heavy atom. The largest absolute Gasteiger partial charge is 0.494 e. The second kappa shape index (κ2) is 6.70. The van der Waals surface area contributed by atoms with E-state index >= 15 is 0 Å². The summed E-state index contributed by atoms with van der Waals surface area (Å²) in [5, 5.41) is 0.577. The van der Waals surface area contributed by atoms with Crippen molar-refractivity contribution >= 4 is 15.9 Å². The monoisotopic (exact) mass is 342 g/mol. The van der Waals surface area contributed by atoms with Gasteiger partial charge in [-0.3, -0.25) is 0 Å².